The highest BCUT2D eigenvalue weighted by molar-refractivity contribution is 5.31. The van der Waals surface area contributed by atoms with E-state index < -0.39 is 0 Å². The zero-order valence-electron chi connectivity index (χ0n) is 12.5. The molecule has 0 N–H and O–H groups in total. The Hall–Kier alpha value is -1.90. The number of hydrogen-bond acceptors (Lipinski definition) is 3. The fraction of sp³-hybridized carbons (Fsp3) is 0.412. The van der Waals surface area contributed by atoms with Crippen molar-refractivity contribution in [2.75, 3.05) is 6.61 Å². The largest absolute Gasteiger partial charge is 0.494 e. The SMILES string of the molecule is CC(C)(C)c1ccc(OCCCc2cncnc2)cc1. The number of hydrogen-bond donors (Lipinski definition) is 0. The predicted octanol–water partition coefficient (Wildman–Crippen LogP) is 3.79. The Morgan fingerprint density at radius 3 is 2.25 bits per heavy atom. The van der Waals surface area contributed by atoms with Gasteiger partial charge in [0.15, 0.2) is 0 Å². The van der Waals surface area contributed by atoms with E-state index in [0.717, 1.165) is 24.2 Å². The highest BCUT2D eigenvalue weighted by atomic mass is 16.5. The maximum absolute atomic E-state index is 5.75. The molecule has 0 radical (unpaired) electrons. The Balaban J connectivity index is 1.77. The van der Waals surface area contributed by atoms with E-state index in [1.807, 2.05) is 24.5 Å². The van der Waals surface area contributed by atoms with Crippen molar-refractivity contribution in [2.45, 2.75) is 39.0 Å². The van der Waals surface area contributed by atoms with Gasteiger partial charge in [-0.1, -0.05) is 32.9 Å². The van der Waals surface area contributed by atoms with Crippen molar-refractivity contribution in [1.82, 2.24) is 9.97 Å². The third-order valence-corrected chi connectivity index (χ3v) is 3.21. The fourth-order valence-corrected chi connectivity index (χ4v) is 1.98. The van der Waals surface area contributed by atoms with Crippen molar-refractivity contribution in [2.24, 2.45) is 0 Å². The average Bonchev–Trinajstić information content (AvgIpc) is 2.44. The number of aromatic nitrogens is 2. The Kier molecular flexibility index (Phi) is 4.72. The molecule has 0 unspecified atom stereocenters. The minimum atomic E-state index is 0.186. The van der Waals surface area contributed by atoms with Crippen LogP contribution in [0.5, 0.6) is 5.75 Å². The van der Waals surface area contributed by atoms with Gasteiger partial charge in [-0.05, 0) is 41.5 Å². The third kappa shape index (κ3) is 4.34. The number of benzene rings is 1. The molecule has 0 aliphatic rings. The molecule has 0 saturated carbocycles. The van der Waals surface area contributed by atoms with Crippen LogP contribution in [0.15, 0.2) is 43.0 Å². The minimum absolute atomic E-state index is 0.186. The number of ether oxygens (including phenoxy) is 1. The standard InChI is InChI=1S/C17H22N2O/c1-17(2,3)15-6-8-16(9-7-15)20-10-4-5-14-11-18-13-19-12-14/h6-9,11-13H,4-5,10H2,1-3H3. The van der Waals surface area contributed by atoms with Crippen LogP contribution in [0, 0.1) is 0 Å². The number of aryl methyl sites for hydroxylation is 1. The molecular weight excluding hydrogens is 248 g/mol. The Bertz CT molecular complexity index is 515. The number of nitrogens with zero attached hydrogens (tertiary/aromatic N) is 2. The first-order valence-corrected chi connectivity index (χ1v) is 7.03. The van der Waals surface area contributed by atoms with E-state index in [1.54, 1.807) is 6.33 Å². The summed E-state index contributed by atoms with van der Waals surface area (Å²) in [4.78, 5) is 8.00. The van der Waals surface area contributed by atoms with Crippen molar-refractivity contribution < 1.29 is 4.74 Å². The topological polar surface area (TPSA) is 35.0 Å². The maximum atomic E-state index is 5.75. The fourth-order valence-electron chi connectivity index (χ4n) is 1.98. The molecule has 2 rings (SSSR count). The van der Waals surface area contributed by atoms with Crippen molar-refractivity contribution in [3.8, 4) is 5.75 Å². The summed E-state index contributed by atoms with van der Waals surface area (Å²) >= 11 is 0. The molecule has 0 amide bonds. The lowest BCUT2D eigenvalue weighted by Gasteiger charge is -2.19. The summed E-state index contributed by atoms with van der Waals surface area (Å²) < 4.78 is 5.75. The first kappa shape index (κ1) is 14.5. The minimum Gasteiger partial charge on any atom is -0.494 e. The van der Waals surface area contributed by atoms with Crippen LogP contribution in [0.4, 0.5) is 0 Å². The van der Waals surface area contributed by atoms with Gasteiger partial charge in [0.1, 0.15) is 12.1 Å². The van der Waals surface area contributed by atoms with Gasteiger partial charge in [-0.3, -0.25) is 0 Å². The summed E-state index contributed by atoms with van der Waals surface area (Å²) in [5, 5.41) is 0. The number of rotatable bonds is 5. The second kappa shape index (κ2) is 6.51. The molecule has 0 spiro atoms. The molecule has 0 atom stereocenters. The van der Waals surface area contributed by atoms with Crippen LogP contribution in [0.1, 0.15) is 38.3 Å². The van der Waals surface area contributed by atoms with Gasteiger partial charge in [0.05, 0.1) is 6.61 Å². The van der Waals surface area contributed by atoms with Gasteiger partial charge in [-0.15, -0.1) is 0 Å². The Labute approximate surface area is 121 Å². The van der Waals surface area contributed by atoms with Gasteiger partial charge in [0.2, 0.25) is 0 Å². The molecule has 20 heavy (non-hydrogen) atoms. The normalized spacial score (nSPS) is 11.3. The second-order valence-electron chi connectivity index (χ2n) is 5.97. The smallest absolute Gasteiger partial charge is 0.119 e. The van der Waals surface area contributed by atoms with Crippen LogP contribution in [0.25, 0.3) is 0 Å². The van der Waals surface area contributed by atoms with Crippen LogP contribution >= 0.6 is 0 Å². The van der Waals surface area contributed by atoms with E-state index in [1.165, 1.54) is 5.56 Å². The van der Waals surface area contributed by atoms with Crippen molar-refractivity contribution in [1.29, 1.82) is 0 Å². The van der Waals surface area contributed by atoms with Crippen LogP contribution in [-0.4, -0.2) is 16.6 Å². The molecule has 2 aromatic rings. The van der Waals surface area contributed by atoms with Gasteiger partial charge < -0.3 is 4.74 Å². The summed E-state index contributed by atoms with van der Waals surface area (Å²) in [5.74, 6) is 0.933. The zero-order chi connectivity index (χ0) is 14.4. The molecule has 1 aromatic heterocycles. The van der Waals surface area contributed by atoms with E-state index in [0.29, 0.717) is 6.61 Å². The lowest BCUT2D eigenvalue weighted by molar-refractivity contribution is 0.310. The average molecular weight is 270 g/mol. The first-order valence-electron chi connectivity index (χ1n) is 7.03. The van der Waals surface area contributed by atoms with E-state index in [4.69, 9.17) is 4.74 Å². The quantitative estimate of drug-likeness (QED) is 0.775. The van der Waals surface area contributed by atoms with Gasteiger partial charge in [-0.2, -0.15) is 0 Å². The molecule has 106 valence electrons. The molecule has 3 nitrogen and oxygen atoms in total. The zero-order valence-corrected chi connectivity index (χ0v) is 12.5. The molecule has 0 aliphatic heterocycles. The summed E-state index contributed by atoms with van der Waals surface area (Å²) in [5.41, 5.74) is 2.66. The predicted molar refractivity (Wildman–Crippen MR) is 81.0 cm³/mol. The molecule has 0 bridgehead atoms. The van der Waals surface area contributed by atoms with E-state index in [-0.39, 0.29) is 5.41 Å². The monoisotopic (exact) mass is 270 g/mol. The highest BCUT2D eigenvalue weighted by Crippen LogP contribution is 2.24. The maximum Gasteiger partial charge on any atom is 0.119 e. The molecule has 1 aromatic carbocycles. The van der Waals surface area contributed by atoms with Crippen molar-refractivity contribution >= 4 is 0 Å². The van der Waals surface area contributed by atoms with Gasteiger partial charge >= 0.3 is 0 Å². The lowest BCUT2D eigenvalue weighted by atomic mass is 9.87. The molecule has 3 heteroatoms. The van der Waals surface area contributed by atoms with E-state index >= 15 is 0 Å². The molecule has 0 saturated heterocycles. The van der Waals surface area contributed by atoms with Gasteiger partial charge in [-0.25, -0.2) is 9.97 Å². The van der Waals surface area contributed by atoms with Crippen LogP contribution < -0.4 is 4.74 Å². The van der Waals surface area contributed by atoms with Crippen molar-refractivity contribution in [3.63, 3.8) is 0 Å². The van der Waals surface area contributed by atoms with Gasteiger partial charge in [0, 0.05) is 12.4 Å². The van der Waals surface area contributed by atoms with E-state index in [2.05, 4.69) is 42.9 Å². The first-order chi connectivity index (χ1) is 9.55. The highest BCUT2D eigenvalue weighted by Gasteiger charge is 2.12. The lowest BCUT2D eigenvalue weighted by Crippen LogP contribution is -2.10. The van der Waals surface area contributed by atoms with Crippen LogP contribution in [-0.2, 0) is 11.8 Å². The van der Waals surface area contributed by atoms with Gasteiger partial charge in [0.25, 0.3) is 0 Å². The summed E-state index contributed by atoms with van der Waals surface area (Å²) in [7, 11) is 0. The second-order valence-corrected chi connectivity index (χ2v) is 5.97. The third-order valence-electron chi connectivity index (χ3n) is 3.21. The summed E-state index contributed by atoms with van der Waals surface area (Å²) in [6, 6.07) is 8.37. The van der Waals surface area contributed by atoms with Crippen LogP contribution in [0.3, 0.4) is 0 Å². The summed E-state index contributed by atoms with van der Waals surface area (Å²) in [6.07, 6.45) is 7.17. The Morgan fingerprint density at radius 2 is 1.65 bits per heavy atom. The summed E-state index contributed by atoms with van der Waals surface area (Å²) in [6.45, 7) is 7.35. The molecule has 1 heterocycles. The molecule has 0 aliphatic carbocycles. The molecule has 0 fully saturated rings. The Morgan fingerprint density at radius 1 is 1.00 bits per heavy atom. The van der Waals surface area contributed by atoms with E-state index in [9.17, 15) is 0 Å². The van der Waals surface area contributed by atoms with Crippen LogP contribution in [0.2, 0.25) is 0 Å². The van der Waals surface area contributed by atoms with Crippen molar-refractivity contribution in [3.05, 3.63) is 54.1 Å². The molecular formula is C17H22N2O.